The van der Waals surface area contributed by atoms with Crippen LogP contribution in [0.5, 0.6) is 11.5 Å². The van der Waals surface area contributed by atoms with E-state index in [1.165, 1.54) is 0 Å². The lowest BCUT2D eigenvalue weighted by Crippen LogP contribution is -2.36. The number of methoxy groups -OCH3 is 3. The van der Waals surface area contributed by atoms with E-state index in [1.807, 2.05) is 36.4 Å². The maximum atomic E-state index is 13.1. The Labute approximate surface area is 183 Å². The molecule has 0 bridgehead atoms. The van der Waals surface area contributed by atoms with Gasteiger partial charge in [0.05, 0.1) is 20.1 Å². The lowest BCUT2D eigenvalue weighted by atomic mass is 9.87. The number of ether oxygens (including phenoxy) is 3. The van der Waals surface area contributed by atoms with Gasteiger partial charge >= 0.3 is 0 Å². The zero-order chi connectivity index (χ0) is 22.2. The van der Waals surface area contributed by atoms with E-state index in [-0.39, 0.29) is 17.7 Å². The molecule has 1 aliphatic heterocycles. The Hall–Kier alpha value is -3.06. The zero-order valence-electron chi connectivity index (χ0n) is 18.3. The molecule has 31 heavy (non-hydrogen) atoms. The predicted octanol–water partition coefficient (Wildman–Crippen LogP) is 2.71. The third kappa shape index (κ3) is 5.35. The molecule has 1 aliphatic rings. The van der Waals surface area contributed by atoms with Crippen molar-refractivity contribution in [2.24, 2.45) is 5.92 Å². The molecule has 7 heteroatoms. The van der Waals surface area contributed by atoms with Crippen LogP contribution in [-0.2, 0) is 9.53 Å². The molecule has 1 N–H and O–H groups in total. The number of hydrogen-bond acceptors (Lipinski definition) is 5. The lowest BCUT2D eigenvalue weighted by molar-refractivity contribution is -0.125. The molecular weight excluding hydrogens is 396 g/mol. The molecule has 0 radical (unpaired) electrons. The van der Waals surface area contributed by atoms with Crippen LogP contribution in [0.4, 0.5) is 0 Å². The van der Waals surface area contributed by atoms with Crippen molar-refractivity contribution in [3.8, 4) is 11.5 Å². The second kappa shape index (κ2) is 10.8. The molecule has 0 aliphatic carbocycles. The van der Waals surface area contributed by atoms with Crippen molar-refractivity contribution in [3.63, 3.8) is 0 Å². The van der Waals surface area contributed by atoms with E-state index < -0.39 is 5.92 Å². The molecule has 2 amide bonds. The van der Waals surface area contributed by atoms with Crippen LogP contribution in [-0.4, -0.2) is 64.3 Å². The van der Waals surface area contributed by atoms with Crippen LogP contribution in [0.1, 0.15) is 28.3 Å². The molecule has 7 nitrogen and oxygen atoms in total. The quantitative estimate of drug-likeness (QED) is 0.624. The van der Waals surface area contributed by atoms with E-state index in [4.69, 9.17) is 14.2 Å². The smallest absolute Gasteiger partial charge is 0.253 e. The van der Waals surface area contributed by atoms with Crippen LogP contribution in [0, 0.1) is 5.92 Å². The molecule has 1 fully saturated rings. The highest BCUT2D eigenvalue weighted by molar-refractivity contribution is 5.95. The molecule has 2 atom stereocenters. The number of nitrogens with zero attached hydrogens (tertiary/aromatic N) is 1. The van der Waals surface area contributed by atoms with Gasteiger partial charge in [-0.25, -0.2) is 0 Å². The highest BCUT2D eigenvalue weighted by Crippen LogP contribution is 2.40. The summed E-state index contributed by atoms with van der Waals surface area (Å²) in [7, 11) is 4.84. The summed E-state index contributed by atoms with van der Waals surface area (Å²) in [5, 5.41) is 3.00. The summed E-state index contributed by atoms with van der Waals surface area (Å²) >= 11 is 0. The molecule has 1 heterocycles. The highest BCUT2D eigenvalue weighted by atomic mass is 16.5. The molecule has 2 aromatic rings. The van der Waals surface area contributed by atoms with Crippen LogP contribution < -0.4 is 14.8 Å². The fourth-order valence-corrected chi connectivity index (χ4v) is 4.00. The van der Waals surface area contributed by atoms with Crippen molar-refractivity contribution in [1.82, 2.24) is 10.2 Å². The molecule has 2 aromatic carbocycles. The highest BCUT2D eigenvalue weighted by Gasteiger charge is 2.41. The topological polar surface area (TPSA) is 77.1 Å². The average Bonchev–Trinajstić information content (AvgIpc) is 3.26. The number of hydrogen-bond donors (Lipinski definition) is 1. The van der Waals surface area contributed by atoms with Gasteiger partial charge in [-0.15, -0.1) is 0 Å². The van der Waals surface area contributed by atoms with Crippen LogP contribution in [0.3, 0.4) is 0 Å². The summed E-state index contributed by atoms with van der Waals surface area (Å²) in [4.78, 5) is 27.9. The van der Waals surface area contributed by atoms with Crippen LogP contribution in [0.15, 0.2) is 48.5 Å². The average molecular weight is 427 g/mol. The number of nitrogens with one attached hydrogen (secondary N) is 1. The fraction of sp³-hybridized carbons (Fsp3) is 0.417. The summed E-state index contributed by atoms with van der Waals surface area (Å²) in [6.45, 7) is 1.87. The minimum absolute atomic E-state index is 0.0747. The van der Waals surface area contributed by atoms with Gasteiger partial charge in [-0.1, -0.05) is 18.2 Å². The lowest BCUT2D eigenvalue weighted by Gasteiger charge is -2.21. The second-order valence-corrected chi connectivity index (χ2v) is 7.53. The minimum Gasteiger partial charge on any atom is -0.497 e. The summed E-state index contributed by atoms with van der Waals surface area (Å²) in [6, 6.07) is 14.7. The number of carbonyl (C=O) groups excluding carboxylic acids is 2. The molecule has 0 unspecified atom stereocenters. The Kier molecular flexibility index (Phi) is 7.89. The first kappa shape index (κ1) is 22.6. The van der Waals surface area contributed by atoms with Gasteiger partial charge in [-0.2, -0.15) is 0 Å². The fourth-order valence-electron chi connectivity index (χ4n) is 4.00. The Morgan fingerprint density at radius 3 is 2.48 bits per heavy atom. The van der Waals surface area contributed by atoms with Gasteiger partial charge in [0.25, 0.3) is 5.91 Å². The Morgan fingerprint density at radius 2 is 1.81 bits per heavy atom. The number of carbonyl (C=O) groups is 2. The van der Waals surface area contributed by atoms with Crippen molar-refractivity contribution < 1.29 is 23.8 Å². The first-order valence-electron chi connectivity index (χ1n) is 10.4. The van der Waals surface area contributed by atoms with Gasteiger partial charge in [-0.05, 0) is 36.8 Å². The van der Waals surface area contributed by atoms with E-state index in [9.17, 15) is 9.59 Å². The van der Waals surface area contributed by atoms with E-state index >= 15 is 0 Å². The molecular formula is C24H30N2O5. The first-order chi connectivity index (χ1) is 15.1. The van der Waals surface area contributed by atoms with Crippen LogP contribution in [0.2, 0.25) is 0 Å². The summed E-state index contributed by atoms with van der Waals surface area (Å²) in [6.07, 6.45) is 0.731. The largest absolute Gasteiger partial charge is 0.497 e. The normalized spacial score (nSPS) is 18.0. The van der Waals surface area contributed by atoms with Crippen molar-refractivity contribution in [1.29, 1.82) is 0 Å². The minimum atomic E-state index is -0.392. The Morgan fingerprint density at radius 1 is 1.03 bits per heavy atom. The van der Waals surface area contributed by atoms with Gasteiger partial charge in [0.15, 0.2) is 0 Å². The maximum Gasteiger partial charge on any atom is 0.253 e. The van der Waals surface area contributed by atoms with Gasteiger partial charge in [0, 0.05) is 50.4 Å². The van der Waals surface area contributed by atoms with Gasteiger partial charge < -0.3 is 24.4 Å². The molecule has 0 spiro atoms. The molecule has 0 aromatic heterocycles. The van der Waals surface area contributed by atoms with Crippen LogP contribution >= 0.6 is 0 Å². The Balaban J connectivity index is 1.88. The standard InChI is InChI=1S/C24H30N2O5/c1-29-13-7-12-25-23(27)21-16-26(24(28)17-8-5-4-6-9-17)15-20(21)19-14-18(30-2)10-11-22(19)31-3/h4-6,8-11,14,20-21H,7,12-13,15-16H2,1-3H3,(H,25,27)/t20-,21+/m1/s1. The molecule has 3 rings (SSSR count). The van der Waals surface area contributed by atoms with Gasteiger partial charge in [0.2, 0.25) is 5.91 Å². The SMILES string of the molecule is COCCCNC(=O)[C@H]1CN(C(=O)c2ccccc2)C[C@@H]1c1cc(OC)ccc1OC. The molecule has 1 saturated heterocycles. The van der Waals surface area contributed by atoms with Crippen molar-refractivity contribution >= 4 is 11.8 Å². The van der Waals surface area contributed by atoms with Crippen molar-refractivity contribution in [3.05, 3.63) is 59.7 Å². The third-order valence-electron chi connectivity index (χ3n) is 5.63. The number of benzene rings is 2. The molecule has 166 valence electrons. The number of likely N-dealkylation sites (tertiary alicyclic amines) is 1. The first-order valence-corrected chi connectivity index (χ1v) is 10.4. The van der Waals surface area contributed by atoms with Crippen molar-refractivity contribution in [2.45, 2.75) is 12.3 Å². The zero-order valence-corrected chi connectivity index (χ0v) is 18.3. The maximum absolute atomic E-state index is 13.1. The van der Waals surface area contributed by atoms with Crippen molar-refractivity contribution in [2.75, 3.05) is 47.6 Å². The van der Waals surface area contributed by atoms with Crippen LogP contribution in [0.25, 0.3) is 0 Å². The van der Waals surface area contributed by atoms with Gasteiger partial charge in [-0.3, -0.25) is 9.59 Å². The van der Waals surface area contributed by atoms with E-state index in [1.54, 1.807) is 38.4 Å². The van der Waals surface area contributed by atoms with E-state index in [2.05, 4.69) is 5.32 Å². The summed E-state index contributed by atoms with van der Waals surface area (Å²) < 4.78 is 16.0. The third-order valence-corrected chi connectivity index (χ3v) is 5.63. The number of rotatable bonds is 9. The number of amides is 2. The van der Waals surface area contributed by atoms with E-state index in [0.29, 0.717) is 43.3 Å². The summed E-state index contributed by atoms with van der Waals surface area (Å²) in [5.74, 6) is 0.604. The van der Waals surface area contributed by atoms with E-state index in [0.717, 1.165) is 12.0 Å². The van der Waals surface area contributed by atoms with Gasteiger partial charge in [0.1, 0.15) is 11.5 Å². The monoisotopic (exact) mass is 426 g/mol. The second-order valence-electron chi connectivity index (χ2n) is 7.53. The predicted molar refractivity (Wildman–Crippen MR) is 118 cm³/mol. The Bertz CT molecular complexity index is 887. The molecule has 0 saturated carbocycles. The summed E-state index contributed by atoms with van der Waals surface area (Å²) in [5.41, 5.74) is 1.47.